The van der Waals surface area contributed by atoms with E-state index >= 15 is 0 Å². The van der Waals surface area contributed by atoms with Gasteiger partial charge in [-0.1, -0.05) is 0 Å². The highest BCUT2D eigenvalue weighted by Gasteiger charge is 2.17. The first kappa shape index (κ1) is 12.8. The number of fused-ring (bicyclic) bond motifs is 1. The van der Waals surface area contributed by atoms with Crippen LogP contribution in [0.5, 0.6) is 0 Å². The van der Waals surface area contributed by atoms with E-state index in [4.69, 9.17) is 0 Å². The Morgan fingerprint density at radius 2 is 2.29 bits per heavy atom. The van der Waals surface area contributed by atoms with Crippen molar-refractivity contribution in [1.29, 1.82) is 0 Å². The van der Waals surface area contributed by atoms with Gasteiger partial charge in [-0.15, -0.1) is 11.8 Å². The zero-order valence-electron chi connectivity index (χ0n) is 9.99. The lowest BCUT2D eigenvalue weighted by molar-refractivity contribution is -0.456. The van der Waals surface area contributed by atoms with Gasteiger partial charge in [0.05, 0.1) is 0 Å². The van der Waals surface area contributed by atoms with Crippen molar-refractivity contribution in [3.63, 3.8) is 0 Å². The molecule has 0 N–H and O–H groups in total. The molecular weight excluding hydrogens is 254 g/mol. The topological polar surface area (TPSA) is 43.1 Å². The Morgan fingerprint density at radius 1 is 1.53 bits per heavy atom. The third-order valence-corrected chi connectivity index (χ3v) is 5.36. The van der Waals surface area contributed by atoms with Crippen LogP contribution in [0.15, 0.2) is 15.9 Å². The molecule has 5 heteroatoms. The Balaban J connectivity index is 2.35. The molecular formula is C12H15NO2S2. The Morgan fingerprint density at radius 3 is 3.00 bits per heavy atom. The number of benzene rings is 1. The van der Waals surface area contributed by atoms with Gasteiger partial charge >= 0.3 is 0 Å². The summed E-state index contributed by atoms with van der Waals surface area (Å²) in [5, 5.41) is 10.5. The van der Waals surface area contributed by atoms with Crippen LogP contribution in [-0.4, -0.2) is 16.6 Å². The molecule has 0 saturated heterocycles. The van der Waals surface area contributed by atoms with Gasteiger partial charge in [-0.05, 0) is 67.0 Å². The summed E-state index contributed by atoms with van der Waals surface area (Å²) >= 11 is 3.25. The van der Waals surface area contributed by atoms with E-state index in [-0.39, 0.29) is 10.8 Å². The van der Waals surface area contributed by atoms with Crippen molar-refractivity contribution in [3.05, 3.63) is 32.9 Å². The minimum Gasteiger partial charge on any atom is -0.264 e. The molecule has 0 unspecified atom stereocenters. The summed E-state index contributed by atoms with van der Waals surface area (Å²) < 4.78 is 0. The fraction of sp³-hybridized carbons (Fsp3) is 0.500. The second kappa shape index (κ2) is 5.31. The molecule has 0 bridgehead atoms. The minimum absolute atomic E-state index is 0.0480. The van der Waals surface area contributed by atoms with E-state index in [2.05, 4.69) is 13.0 Å². The number of nitrogens with zero attached hydrogens (tertiary/aromatic N) is 1. The highest BCUT2D eigenvalue weighted by atomic mass is 32.2. The number of hydrogen-bond acceptors (Lipinski definition) is 4. The molecule has 92 valence electrons. The molecule has 0 radical (unpaired) electrons. The van der Waals surface area contributed by atoms with Crippen molar-refractivity contribution < 1.29 is 4.92 Å². The molecule has 0 fully saturated rings. The molecule has 1 heterocycles. The second-order valence-electron chi connectivity index (χ2n) is 4.18. The monoisotopic (exact) mass is 269 g/mol. The number of rotatable bonds is 3. The van der Waals surface area contributed by atoms with Crippen LogP contribution in [-0.2, 0) is 6.42 Å². The summed E-state index contributed by atoms with van der Waals surface area (Å²) in [6.07, 6.45) is 2.32. The van der Waals surface area contributed by atoms with Crippen LogP contribution in [0.2, 0.25) is 0 Å². The van der Waals surface area contributed by atoms with Gasteiger partial charge in [-0.25, -0.2) is 0 Å². The lowest BCUT2D eigenvalue weighted by Crippen LogP contribution is -2.05. The molecule has 1 aromatic carbocycles. The number of aryl methyl sites for hydroxylation is 1. The molecule has 0 amide bonds. The van der Waals surface area contributed by atoms with Crippen LogP contribution in [0.1, 0.15) is 23.1 Å². The second-order valence-corrected chi connectivity index (χ2v) is 6.27. The molecule has 0 aromatic heterocycles. The standard InChI is InChI=1S/C12H15NO2S2/c1-8-6-11-10(4-3-5-16-11)9(2)12(8)17-7-13(14)15/h6H,3-5,7H2,1-2H3. The van der Waals surface area contributed by atoms with Crippen molar-refractivity contribution in [1.82, 2.24) is 0 Å². The fourth-order valence-electron chi connectivity index (χ4n) is 2.18. The SMILES string of the molecule is Cc1cc2c(c(C)c1SC[N+](=O)[O-])CCCS2. The molecule has 17 heavy (non-hydrogen) atoms. The van der Waals surface area contributed by atoms with Crippen molar-refractivity contribution in [2.24, 2.45) is 0 Å². The fourth-order valence-corrected chi connectivity index (χ4v) is 4.24. The molecule has 2 rings (SSSR count). The van der Waals surface area contributed by atoms with Crippen molar-refractivity contribution in [3.8, 4) is 0 Å². The molecule has 1 aliphatic rings. The molecule has 3 nitrogen and oxygen atoms in total. The largest absolute Gasteiger partial charge is 0.264 e. The first-order valence-corrected chi connectivity index (χ1v) is 7.57. The molecule has 1 aromatic rings. The first-order chi connectivity index (χ1) is 8.09. The third kappa shape index (κ3) is 2.77. The van der Waals surface area contributed by atoms with Gasteiger partial charge < -0.3 is 0 Å². The average Bonchev–Trinajstić information content (AvgIpc) is 2.28. The van der Waals surface area contributed by atoms with Crippen molar-refractivity contribution in [2.75, 3.05) is 11.6 Å². The quantitative estimate of drug-likeness (QED) is 0.363. The highest BCUT2D eigenvalue weighted by Crippen LogP contribution is 2.38. The van der Waals surface area contributed by atoms with Gasteiger partial charge in [0.25, 0.3) is 5.88 Å². The van der Waals surface area contributed by atoms with E-state index in [0.29, 0.717) is 0 Å². The Kier molecular flexibility index (Phi) is 3.99. The molecule has 0 atom stereocenters. The van der Waals surface area contributed by atoms with E-state index in [0.717, 1.165) is 11.3 Å². The number of thioether (sulfide) groups is 2. The van der Waals surface area contributed by atoms with Gasteiger partial charge in [0.1, 0.15) is 0 Å². The van der Waals surface area contributed by atoms with E-state index in [1.54, 1.807) is 0 Å². The summed E-state index contributed by atoms with van der Waals surface area (Å²) in [5.41, 5.74) is 3.82. The highest BCUT2D eigenvalue weighted by molar-refractivity contribution is 7.99. The van der Waals surface area contributed by atoms with Gasteiger partial charge in [-0.3, -0.25) is 10.1 Å². The van der Waals surface area contributed by atoms with Gasteiger partial charge in [0.2, 0.25) is 0 Å². The van der Waals surface area contributed by atoms with Gasteiger partial charge in [0.15, 0.2) is 0 Å². The van der Waals surface area contributed by atoms with Gasteiger partial charge in [-0.2, -0.15) is 0 Å². The summed E-state index contributed by atoms with van der Waals surface area (Å²) in [4.78, 5) is 12.7. The average molecular weight is 269 g/mol. The Labute approximate surface area is 110 Å². The molecule has 0 saturated carbocycles. The third-order valence-electron chi connectivity index (χ3n) is 2.94. The Hall–Kier alpha value is -0.680. The predicted octanol–water partition coefficient (Wildman–Crippen LogP) is 3.67. The summed E-state index contributed by atoms with van der Waals surface area (Å²) in [7, 11) is 0. The maximum atomic E-state index is 10.5. The lowest BCUT2D eigenvalue weighted by atomic mass is 10.0. The number of hydrogen-bond donors (Lipinski definition) is 0. The van der Waals surface area contributed by atoms with E-state index in [1.807, 2.05) is 18.7 Å². The minimum atomic E-state index is -0.266. The Bertz CT molecular complexity index is 460. The first-order valence-electron chi connectivity index (χ1n) is 5.60. The van der Waals surface area contributed by atoms with Crippen LogP contribution >= 0.6 is 23.5 Å². The molecule has 0 spiro atoms. The zero-order chi connectivity index (χ0) is 12.4. The van der Waals surface area contributed by atoms with Gasteiger partial charge in [0, 0.05) is 14.7 Å². The van der Waals surface area contributed by atoms with Crippen molar-refractivity contribution >= 4 is 23.5 Å². The van der Waals surface area contributed by atoms with Crippen LogP contribution in [0.3, 0.4) is 0 Å². The van der Waals surface area contributed by atoms with E-state index < -0.39 is 0 Å². The van der Waals surface area contributed by atoms with E-state index in [9.17, 15) is 10.1 Å². The van der Waals surface area contributed by atoms with Crippen LogP contribution in [0.4, 0.5) is 0 Å². The van der Waals surface area contributed by atoms with E-state index in [1.165, 1.54) is 45.5 Å². The zero-order valence-corrected chi connectivity index (χ0v) is 11.6. The smallest absolute Gasteiger partial charge is 0.253 e. The van der Waals surface area contributed by atoms with Crippen LogP contribution in [0, 0.1) is 24.0 Å². The number of nitro groups is 1. The normalized spacial score (nSPS) is 14.5. The lowest BCUT2D eigenvalue weighted by Gasteiger charge is -2.21. The summed E-state index contributed by atoms with van der Waals surface area (Å²) in [5.74, 6) is 1.14. The maximum Gasteiger partial charge on any atom is 0.253 e. The molecule has 1 aliphatic heterocycles. The van der Waals surface area contributed by atoms with Crippen molar-refractivity contribution in [2.45, 2.75) is 36.5 Å². The van der Waals surface area contributed by atoms with Crippen LogP contribution in [0.25, 0.3) is 0 Å². The maximum absolute atomic E-state index is 10.5. The van der Waals surface area contributed by atoms with Crippen LogP contribution < -0.4 is 0 Å². The predicted molar refractivity (Wildman–Crippen MR) is 72.7 cm³/mol. The summed E-state index contributed by atoms with van der Waals surface area (Å²) in [6.45, 7) is 4.14. The summed E-state index contributed by atoms with van der Waals surface area (Å²) in [6, 6.07) is 2.19. The molecule has 0 aliphatic carbocycles.